The van der Waals surface area contributed by atoms with E-state index in [1.54, 1.807) is 24.3 Å². The molecule has 0 bridgehead atoms. The molecule has 1 aromatic heterocycles. The van der Waals surface area contributed by atoms with Gasteiger partial charge in [0.2, 0.25) is 5.95 Å². The highest BCUT2D eigenvalue weighted by Gasteiger charge is 2.11. The Bertz CT molecular complexity index is 998. The molecule has 5 N–H and O–H groups in total. The number of rotatable bonds is 5. The monoisotopic (exact) mass is 440 g/mol. The topological polar surface area (TPSA) is 114 Å². The van der Waals surface area contributed by atoms with Crippen LogP contribution >= 0.6 is 11.6 Å². The van der Waals surface area contributed by atoms with Gasteiger partial charge >= 0.3 is 0 Å². The lowest BCUT2D eigenvalue weighted by atomic mass is 10.1. The summed E-state index contributed by atoms with van der Waals surface area (Å²) < 4.78 is 5.01. The summed E-state index contributed by atoms with van der Waals surface area (Å²) in [5.74, 6) is 0.221. The summed E-state index contributed by atoms with van der Waals surface area (Å²) in [5, 5.41) is 9.63. The molecular weight excluding hydrogens is 416 g/mol. The molecule has 8 nitrogen and oxygen atoms in total. The highest BCUT2D eigenvalue weighted by atomic mass is 35.5. The SMILES string of the molecule is C1COCCN1.Cc1ccc(Nc2ncc(Cl)c(Nc3ccccc3C(N)=O)n2)cc1. The Labute approximate surface area is 186 Å². The van der Waals surface area contributed by atoms with Crippen LogP contribution in [0.3, 0.4) is 0 Å². The van der Waals surface area contributed by atoms with Gasteiger partial charge in [-0.3, -0.25) is 4.79 Å². The van der Waals surface area contributed by atoms with Gasteiger partial charge in [-0.1, -0.05) is 41.4 Å². The number of anilines is 4. The predicted octanol–water partition coefficient (Wildman–Crippen LogP) is 3.63. The molecule has 3 aromatic rings. The van der Waals surface area contributed by atoms with Gasteiger partial charge in [0.05, 0.1) is 30.7 Å². The normalized spacial score (nSPS) is 13.0. The summed E-state index contributed by atoms with van der Waals surface area (Å²) in [5.41, 5.74) is 8.29. The van der Waals surface area contributed by atoms with Crippen LogP contribution in [0.1, 0.15) is 15.9 Å². The number of amides is 1. The highest BCUT2D eigenvalue weighted by Crippen LogP contribution is 2.26. The van der Waals surface area contributed by atoms with Crippen LogP contribution in [0.25, 0.3) is 0 Å². The van der Waals surface area contributed by atoms with Gasteiger partial charge in [-0.15, -0.1) is 0 Å². The number of carbonyl (C=O) groups excluding carboxylic acids is 1. The number of hydrogen-bond donors (Lipinski definition) is 4. The first kappa shape index (κ1) is 22.5. The van der Waals surface area contributed by atoms with Gasteiger partial charge in [0, 0.05) is 18.8 Å². The number of morpholine rings is 1. The number of benzene rings is 2. The van der Waals surface area contributed by atoms with Crippen molar-refractivity contribution >= 4 is 40.6 Å². The van der Waals surface area contributed by atoms with Crippen LogP contribution in [0.15, 0.2) is 54.7 Å². The third-order valence-electron chi connectivity index (χ3n) is 4.34. The van der Waals surface area contributed by atoms with Crippen LogP contribution in [-0.2, 0) is 4.74 Å². The molecule has 2 heterocycles. The van der Waals surface area contributed by atoms with Crippen LogP contribution in [0.4, 0.5) is 23.1 Å². The van der Waals surface area contributed by atoms with E-state index in [1.807, 2.05) is 31.2 Å². The molecule has 0 spiro atoms. The predicted molar refractivity (Wildman–Crippen MR) is 123 cm³/mol. The molecule has 0 aliphatic carbocycles. The van der Waals surface area contributed by atoms with E-state index >= 15 is 0 Å². The van der Waals surface area contributed by atoms with Gasteiger partial charge in [0.15, 0.2) is 5.82 Å². The van der Waals surface area contributed by atoms with Crippen LogP contribution in [0.2, 0.25) is 5.02 Å². The summed E-state index contributed by atoms with van der Waals surface area (Å²) in [6.45, 7) is 5.85. The maximum absolute atomic E-state index is 11.5. The van der Waals surface area contributed by atoms with Gasteiger partial charge in [0.1, 0.15) is 5.02 Å². The molecule has 1 aliphatic heterocycles. The molecule has 0 saturated carbocycles. The van der Waals surface area contributed by atoms with Crippen molar-refractivity contribution in [2.24, 2.45) is 5.73 Å². The Kier molecular flexibility index (Phi) is 8.17. The minimum Gasteiger partial charge on any atom is -0.379 e. The minimum atomic E-state index is -0.536. The standard InChI is InChI=1S/C18H16ClN5O.C4H9NO/c1-11-6-8-12(9-7-11)22-18-21-10-14(19)17(24-18)23-15-5-3-2-4-13(15)16(20)25;1-3-6-4-2-5-1/h2-10H,1H3,(H2,20,25)(H2,21,22,23,24);5H,1-4H2. The van der Waals surface area contributed by atoms with Crippen molar-refractivity contribution in [3.05, 3.63) is 70.9 Å². The van der Waals surface area contributed by atoms with Crippen molar-refractivity contribution in [3.8, 4) is 0 Å². The number of aryl methyl sites for hydroxylation is 1. The smallest absolute Gasteiger partial charge is 0.250 e. The fraction of sp³-hybridized carbons (Fsp3) is 0.227. The number of nitrogens with one attached hydrogen (secondary N) is 3. The number of nitrogens with two attached hydrogens (primary N) is 1. The molecule has 162 valence electrons. The molecule has 0 unspecified atom stereocenters. The van der Waals surface area contributed by atoms with Crippen molar-refractivity contribution in [1.29, 1.82) is 0 Å². The zero-order chi connectivity index (χ0) is 22.1. The van der Waals surface area contributed by atoms with Crippen LogP contribution in [-0.4, -0.2) is 42.2 Å². The number of ether oxygens (including phenoxy) is 1. The lowest BCUT2D eigenvalue weighted by Crippen LogP contribution is -2.30. The summed E-state index contributed by atoms with van der Waals surface area (Å²) >= 11 is 6.17. The number of nitrogens with zero attached hydrogens (tertiary/aromatic N) is 2. The fourth-order valence-electron chi connectivity index (χ4n) is 2.73. The second-order valence-corrected chi connectivity index (χ2v) is 7.19. The minimum absolute atomic E-state index is 0.328. The van der Waals surface area contributed by atoms with E-state index in [-0.39, 0.29) is 0 Å². The first-order chi connectivity index (χ1) is 15.0. The molecule has 0 radical (unpaired) electrons. The fourth-order valence-corrected chi connectivity index (χ4v) is 2.87. The molecule has 31 heavy (non-hydrogen) atoms. The van der Waals surface area contributed by atoms with Gasteiger partial charge in [-0.25, -0.2) is 4.98 Å². The molecular formula is C22H25ClN6O2. The molecule has 1 fully saturated rings. The molecule has 1 amide bonds. The van der Waals surface area contributed by atoms with Crippen LogP contribution < -0.4 is 21.7 Å². The van der Waals surface area contributed by atoms with Gasteiger partial charge in [-0.2, -0.15) is 4.98 Å². The number of primary amides is 1. The Morgan fingerprint density at radius 1 is 1.10 bits per heavy atom. The Morgan fingerprint density at radius 3 is 2.42 bits per heavy atom. The second-order valence-electron chi connectivity index (χ2n) is 6.78. The van der Waals surface area contributed by atoms with Gasteiger partial charge in [-0.05, 0) is 31.2 Å². The molecule has 0 atom stereocenters. The van der Waals surface area contributed by atoms with Crippen molar-refractivity contribution in [2.45, 2.75) is 6.92 Å². The molecule has 2 aromatic carbocycles. The number of carbonyl (C=O) groups is 1. The number of halogens is 1. The largest absolute Gasteiger partial charge is 0.379 e. The number of aromatic nitrogens is 2. The van der Waals surface area contributed by atoms with E-state index in [0.717, 1.165) is 37.6 Å². The van der Waals surface area contributed by atoms with E-state index in [2.05, 4.69) is 25.9 Å². The number of hydrogen-bond acceptors (Lipinski definition) is 7. The quantitative estimate of drug-likeness (QED) is 0.479. The van der Waals surface area contributed by atoms with Crippen LogP contribution in [0.5, 0.6) is 0 Å². The van der Waals surface area contributed by atoms with E-state index in [0.29, 0.717) is 28.0 Å². The lowest BCUT2D eigenvalue weighted by molar-refractivity contribution is 0.100. The maximum Gasteiger partial charge on any atom is 0.250 e. The van der Waals surface area contributed by atoms with Gasteiger partial charge in [0.25, 0.3) is 5.91 Å². The summed E-state index contributed by atoms with van der Waals surface area (Å²) in [7, 11) is 0. The van der Waals surface area contributed by atoms with Crippen molar-refractivity contribution in [1.82, 2.24) is 15.3 Å². The first-order valence-corrected chi connectivity index (χ1v) is 10.2. The van der Waals surface area contributed by atoms with E-state index < -0.39 is 5.91 Å². The summed E-state index contributed by atoms with van der Waals surface area (Å²) in [6.07, 6.45) is 1.49. The van der Waals surface area contributed by atoms with Crippen molar-refractivity contribution in [2.75, 3.05) is 36.9 Å². The molecule has 1 aliphatic rings. The molecule has 1 saturated heterocycles. The van der Waals surface area contributed by atoms with E-state index in [4.69, 9.17) is 22.1 Å². The summed E-state index contributed by atoms with van der Waals surface area (Å²) in [6, 6.07) is 14.7. The Morgan fingerprint density at radius 2 is 1.81 bits per heavy atom. The maximum atomic E-state index is 11.5. The summed E-state index contributed by atoms with van der Waals surface area (Å²) in [4.78, 5) is 20.1. The highest BCUT2D eigenvalue weighted by molar-refractivity contribution is 6.33. The van der Waals surface area contributed by atoms with E-state index in [9.17, 15) is 4.79 Å². The van der Waals surface area contributed by atoms with Crippen molar-refractivity contribution < 1.29 is 9.53 Å². The lowest BCUT2D eigenvalue weighted by Gasteiger charge is -2.12. The van der Waals surface area contributed by atoms with E-state index in [1.165, 1.54) is 6.20 Å². The molecule has 9 heteroatoms. The second kappa shape index (κ2) is 11.3. The van der Waals surface area contributed by atoms with Gasteiger partial charge < -0.3 is 26.4 Å². The Balaban J connectivity index is 0.000000391. The number of para-hydroxylation sites is 1. The molecule has 4 rings (SSSR count). The zero-order valence-corrected chi connectivity index (χ0v) is 17.9. The van der Waals surface area contributed by atoms with Crippen molar-refractivity contribution in [3.63, 3.8) is 0 Å². The Hall–Kier alpha value is -3.20. The first-order valence-electron chi connectivity index (χ1n) is 9.83. The third-order valence-corrected chi connectivity index (χ3v) is 4.62. The average molecular weight is 441 g/mol. The van der Waals surface area contributed by atoms with Crippen LogP contribution in [0, 0.1) is 6.92 Å². The zero-order valence-electron chi connectivity index (χ0n) is 17.2. The average Bonchev–Trinajstić information content (AvgIpc) is 2.79. The third kappa shape index (κ3) is 6.92.